The zero-order valence-electron chi connectivity index (χ0n) is 9.41. The summed E-state index contributed by atoms with van der Waals surface area (Å²) in [5.74, 6) is -0.893. The predicted octanol–water partition coefficient (Wildman–Crippen LogP) is 2.59. The van der Waals surface area contributed by atoms with Gasteiger partial charge in [-0.2, -0.15) is 0 Å². The number of anilines is 1. The molecule has 7 heteroatoms. The van der Waals surface area contributed by atoms with Crippen LogP contribution in [0.1, 0.15) is 10.4 Å². The number of rotatable bonds is 2. The Morgan fingerprint density at radius 2 is 2.05 bits per heavy atom. The molecule has 5 nitrogen and oxygen atoms in total. The third-order valence-electron chi connectivity index (χ3n) is 2.27. The molecule has 19 heavy (non-hydrogen) atoms. The standard InChI is InChI=1S/C12H8ClIN2O3/c13-8-5-7(14)1-2-9(8)15-12(19)6-3-10(17)16-11(18)4-6/h1-5H,(H,15,19)(H2,16,17,18). The number of halogens is 2. The number of pyridine rings is 1. The van der Waals surface area contributed by atoms with Crippen LogP contribution in [0.2, 0.25) is 5.02 Å². The molecule has 0 bridgehead atoms. The smallest absolute Gasteiger partial charge is 0.256 e. The average Bonchev–Trinajstić information content (AvgIpc) is 2.31. The molecule has 0 fully saturated rings. The third kappa shape index (κ3) is 3.48. The number of hydrogen-bond acceptors (Lipinski definition) is 3. The molecule has 1 heterocycles. The molecule has 98 valence electrons. The van der Waals surface area contributed by atoms with Crippen LogP contribution in [-0.2, 0) is 0 Å². The SMILES string of the molecule is O=C(Nc1ccc(I)cc1Cl)c1cc(O)[nH]c(=O)c1. The number of aromatic nitrogens is 1. The lowest BCUT2D eigenvalue weighted by molar-refractivity contribution is 0.102. The van der Waals surface area contributed by atoms with Crippen LogP contribution < -0.4 is 10.9 Å². The first-order chi connectivity index (χ1) is 8.95. The van der Waals surface area contributed by atoms with Crippen LogP contribution in [0.15, 0.2) is 35.1 Å². The number of hydrogen-bond donors (Lipinski definition) is 3. The third-order valence-corrected chi connectivity index (χ3v) is 3.26. The molecule has 0 aliphatic heterocycles. The summed E-state index contributed by atoms with van der Waals surface area (Å²) in [7, 11) is 0. The Morgan fingerprint density at radius 3 is 2.68 bits per heavy atom. The van der Waals surface area contributed by atoms with Gasteiger partial charge in [0.15, 0.2) is 5.88 Å². The second kappa shape index (κ2) is 5.62. The lowest BCUT2D eigenvalue weighted by Crippen LogP contribution is -2.16. The van der Waals surface area contributed by atoms with Gasteiger partial charge in [0.1, 0.15) is 0 Å². The number of aromatic amines is 1. The fourth-order valence-corrected chi connectivity index (χ4v) is 2.35. The van der Waals surface area contributed by atoms with Crippen LogP contribution in [0.4, 0.5) is 5.69 Å². The molecule has 2 aromatic rings. The van der Waals surface area contributed by atoms with Gasteiger partial charge in [0.05, 0.1) is 16.3 Å². The van der Waals surface area contributed by atoms with Gasteiger partial charge < -0.3 is 10.4 Å². The maximum Gasteiger partial charge on any atom is 0.256 e. The second-order valence-corrected chi connectivity index (χ2v) is 5.35. The highest BCUT2D eigenvalue weighted by molar-refractivity contribution is 14.1. The largest absolute Gasteiger partial charge is 0.494 e. The molecule has 0 atom stereocenters. The summed E-state index contributed by atoms with van der Waals surface area (Å²) in [4.78, 5) is 25.2. The van der Waals surface area contributed by atoms with Crippen LogP contribution in [0.25, 0.3) is 0 Å². The minimum atomic E-state index is -0.557. The van der Waals surface area contributed by atoms with Crippen molar-refractivity contribution < 1.29 is 9.90 Å². The average molecular weight is 391 g/mol. The summed E-state index contributed by atoms with van der Waals surface area (Å²) < 4.78 is 0.939. The maximum atomic E-state index is 11.9. The zero-order chi connectivity index (χ0) is 14.0. The van der Waals surface area contributed by atoms with Crippen molar-refractivity contribution in [3.05, 3.63) is 54.8 Å². The van der Waals surface area contributed by atoms with E-state index < -0.39 is 11.5 Å². The van der Waals surface area contributed by atoms with E-state index >= 15 is 0 Å². The zero-order valence-corrected chi connectivity index (χ0v) is 12.3. The van der Waals surface area contributed by atoms with Gasteiger partial charge in [0.2, 0.25) is 0 Å². The van der Waals surface area contributed by atoms with Crippen LogP contribution in [0, 0.1) is 3.57 Å². The van der Waals surface area contributed by atoms with Gasteiger partial charge in [-0.25, -0.2) is 0 Å². The monoisotopic (exact) mass is 390 g/mol. The van der Waals surface area contributed by atoms with Gasteiger partial charge in [0.25, 0.3) is 11.5 Å². The Labute approximate surface area is 126 Å². The summed E-state index contributed by atoms with van der Waals surface area (Å²) in [5, 5.41) is 12.2. The first-order valence-electron chi connectivity index (χ1n) is 5.15. The number of carbonyl (C=O) groups is 1. The molecule has 0 saturated heterocycles. The molecule has 0 aliphatic rings. The second-order valence-electron chi connectivity index (χ2n) is 3.70. The van der Waals surface area contributed by atoms with Crippen molar-refractivity contribution in [2.24, 2.45) is 0 Å². The number of amides is 1. The van der Waals surface area contributed by atoms with Gasteiger partial charge in [0, 0.05) is 15.7 Å². The minimum absolute atomic E-state index is 0.0517. The van der Waals surface area contributed by atoms with E-state index in [1.165, 1.54) is 0 Å². The Morgan fingerprint density at radius 1 is 1.32 bits per heavy atom. The summed E-state index contributed by atoms with van der Waals surface area (Å²) in [6.07, 6.45) is 0. The highest BCUT2D eigenvalue weighted by Gasteiger charge is 2.10. The van der Waals surface area contributed by atoms with Crippen molar-refractivity contribution in [1.29, 1.82) is 0 Å². The molecule has 3 N–H and O–H groups in total. The predicted molar refractivity (Wildman–Crippen MR) is 80.8 cm³/mol. The topological polar surface area (TPSA) is 82.2 Å². The molecule has 2 rings (SSSR count). The lowest BCUT2D eigenvalue weighted by atomic mass is 10.2. The van der Waals surface area contributed by atoms with Gasteiger partial charge in [-0.15, -0.1) is 0 Å². The van der Waals surface area contributed by atoms with E-state index in [0.29, 0.717) is 10.7 Å². The Hall–Kier alpha value is -1.54. The molecule has 0 radical (unpaired) electrons. The lowest BCUT2D eigenvalue weighted by Gasteiger charge is -2.07. The van der Waals surface area contributed by atoms with Crippen molar-refractivity contribution in [1.82, 2.24) is 4.98 Å². The molecule has 1 aromatic carbocycles. The van der Waals surface area contributed by atoms with Crippen molar-refractivity contribution >= 4 is 45.8 Å². The number of H-pyrrole nitrogens is 1. The van der Waals surface area contributed by atoms with Crippen molar-refractivity contribution in [2.45, 2.75) is 0 Å². The summed E-state index contributed by atoms with van der Waals surface area (Å²) in [6.45, 7) is 0. The van der Waals surface area contributed by atoms with Crippen molar-refractivity contribution in [2.75, 3.05) is 5.32 Å². The van der Waals surface area contributed by atoms with Crippen LogP contribution >= 0.6 is 34.2 Å². The molecule has 0 saturated carbocycles. The van der Waals surface area contributed by atoms with E-state index in [1.54, 1.807) is 18.2 Å². The van der Waals surface area contributed by atoms with E-state index in [0.717, 1.165) is 15.7 Å². The first-order valence-corrected chi connectivity index (χ1v) is 6.61. The highest BCUT2D eigenvalue weighted by atomic mass is 127. The van der Waals surface area contributed by atoms with Gasteiger partial charge >= 0.3 is 0 Å². The van der Waals surface area contributed by atoms with E-state index in [4.69, 9.17) is 11.6 Å². The summed E-state index contributed by atoms with van der Waals surface area (Å²) in [5.41, 5.74) is -0.0680. The number of benzene rings is 1. The van der Waals surface area contributed by atoms with E-state index in [-0.39, 0.29) is 11.4 Å². The molecule has 0 aliphatic carbocycles. The molecule has 0 spiro atoms. The maximum absolute atomic E-state index is 11.9. The van der Waals surface area contributed by atoms with Gasteiger partial charge in [-0.1, -0.05) is 11.6 Å². The summed E-state index contributed by atoms with van der Waals surface area (Å²) in [6, 6.07) is 7.41. The van der Waals surface area contributed by atoms with E-state index in [1.807, 2.05) is 0 Å². The van der Waals surface area contributed by atoms with Crippen LogP contribution in [-0.4, -0.2) is 16.0 Å². The fraction of sp³-hybridized carbons (Fsp3) is 0. The van der Waals surface area contributed by atoms with Crippen molar-refractivity contribution in [3.8, 4) is 5.88 Å². The Bertz CT molecular complexity index is 700. The van der Waals surface area contributed by atoms with E-state index in [2.05, 4.69) is 32.9 Å². The van der Waals surface area contributed by atoms with Crippen molar-refractivity contribution in [3.63, 3.8) is 0 Å². The minimum Gasteiger partial charge on any atom is -0.494 e. The van der Waals surface area contributed by atoms with Crippen LogP contribution in [0.5, 0.6) is 5.88 Å². The Kier molecular flexibility index (Phi) is 4.11. The fourth-order valence-electron chi connectivity index (χ4n) is 1.45. The number of aromatic hydroxyl groups is 1. The number of carbonyl (C=O) groups excluding carboxylic acids is 1. The molecule has 1 aromatic heterocycles. The quantitative estimate of drug-likeness (QED) is 0.690. The molecule has 1 amide bonds. The van der Waals surface area contributed by atoms with Crippen LogP contribution in [0.3, 0.4) is 0 Å². The van der Waals surface area contributed by atoms with Gasteiger partial charge in [-0.05, 0) is 40.8 Å². The summed E-state index contributed by atoms with van der Waals surface area (Å²) >= 11 is 8.09. The van der Waals surface area contributed by atoms with E-state index in [9.17, 15) is 14.7 Å². The Balaban J connectivity index is 2.28. The molecule has 0 unspecified atom stereocenters. The molecular weight excluding hydrogens is 383 g/mol. The normalized spacial score (nSPS) is 10.2. The first kappa shape index (κ1) is 13.9. The molecular formula is C12H8ClIN2O3. The van der Waals surface area contributed by atoms with Gasteiger partial charge in [-0.3, -0.25) is 14.6 Å². The number of nitrogens with one attached hydrogen (secondary N) is 2. The highest BCUT2D eigenvalue weighted by Crippen LogP contribution is 2.24.